The van der Waals surface area contributed by atoms with Crippen molar-refractivity contribution in [1.29, 1.82) is 0 Å². The third-order valence-electron chi connectivity index (χ3n) is 5.28. The lowest BCUT2D eigenvalue weighted by molar-refractivity contribution is -0.141. The lowest BCUT2D eigenvalue weighted by atomic mass is 9.84. The Bertz CT molecular complexity index is 673. The number of carboxylic acid groups (broad SMARTS) is 1. The molecule has 3 amide bonds. The van der Waals surface area contributed by atoms with Crippen LogP contribution in [0.1, 0.15) is 48.0 Å². The van der Waals surface area contributed by atoms with Crippen LogP contribution in [0.5, 0.6) is 0 Å². The van der Waals surface area contributed by atoms with Crippen molar-refractivity contribution in [2.24, 2.45) is 11.7 Å². The van der Waals surface area contributed by atoms with Crippen molar-refractivity contribution in [3.8, 4) is 0 Å². The molecule has 7 heteroatoms. The summed E-state index contributed by atoms with van der Waals surface area (Å²) < 4.78 is 0. The molecule has 0 unspecified atom stereocenters. The van der Waals surface area contributed by atoms with Crippen molar-refractivity contribution in [3.05, 3.63) is 35.4 Å². The predicted octanol–water partition coefficient (Wildman–Crippen LogP) is 1.71. The van der Waals surface area contributed by atoms with E-state index in [0.29, 0.717) is 12.0 Å². The van der Waals surface area contributed by atoms with E-state index < -0.39 is 18.0 Å². The van der Waals surface area contributed by atoms with Crippen LogP contribution in [-0.4, -0.2) is 40.0 Å². The van der Waals surface area contributed by atoms with Crippen LogP contribution in [0.4, 0.5) is 4.79 Å². The first-order valence-electron chi connectivity index (χ1n) is 8.65. The molecular formula is C18H23N3O4. The number of benzene rings is 1. The molecule has 7 nitrogen and oxygen atoms in total. The fourth-order valence-electron chi connectivity index (χ4n) is 4.08. The van der Waals surface area contributed by atoms with E-state index in [-0.39, 0.29) is 24.4 Å². The van der Waals surface area contributed by atoms with Crippen molar-refractivity contribution < 1.29 is 19.5 Å². The summed E-state index contributed by atoms with van der Waals surface area (Å²) in [6.07, 6.45) is 4.56. The average Bonchev–Trinajstić information content (AvgIpc) is 2.99. The van der Waals surface area contributed by atoms with Crippen LogP contribution in [0.3, 0.4) is 0 Å². The standard InChI is InChI=1S/C18H23N3O4/c19-18(25)20-10-11-5-7-12(8-6-11)16(22)21-14-4-2-1-3-13(14)9-15(21)17(23)24/h5-8,13-15H,1-4,9-10H2,(H,23,24)(H3,19,20,25)/t13-,14+,15+/m1/s1. The van der Waals surface area contributed by atoms with Gasteiger partial charge in [0.05, 0.1) is 0 Å². The molecule has 25 heavy (non-hydrogen) atoms. The Labute approximate surface area is 146 Å². The Balaban J connectivity index is 1.78. The number of carboxylic acids is 1. The zero-order valence-corrected chi connectivity index (χ0v) is 14.0. The van der Waals surface area contributed by atoms with E-state index in [0.717, 1.165) is 31.2 Å². The lowest BCUT2D eigenvalue weighted by Crippen LogP contribution is -2.46. The fourth-order valence-corrected chi connectivity index (χ4v) is 4.08. The lowest BCUT2D eigenvalue weighted by Gasteiger charge is -2.33. The average molecular weight is 345 g/mol. The summed E-state index contributed by atoms with van der Waals surface area (Å²) in [5.74, 6) is -0.862. The number of nitrogens with two attached hydrogens (primary N) is 1. The maximum absolute atomic E-state index is 13.0. The molecule has 1 aromatic carbocycles. The molecule has 3 atom stereocenters. The highest BCUT2D eigenvalue weighted by Crippen LogP contribution is 2.40. The van der Waals surface area contributed by atoms with Gasteiger partial charge in [0.1, 0.15) is 6.04 Å². The highest BCUT2D eigenvalue weighted by Gasteiger charge is 2.47. The van der Waals surface area contributed by atoms with E-state index in [4.69, 9.17) is 5.73 Å². The first-order valence-corrected chi connectivity index (χ1v) is 8.65. The Morgan fingerprint density at radius 2 is 1.84 bits per heavy atom. The van der Waals surface area contributed by atoms with Crippen LogP contribution in [-0.2, 0) is 11.3 Å². The number of rotatable bonds is 4. The van der Waals surface area contributed by atoms with Gasteiger partial charge >= 0.3 is 12.0 Å². The topological polar surface area (TPSA) is 113 Å². The Hall–Kier alpha value is -2.57. The number of fused-ring (bicyclic) bond motifs is 1. The van der Waals surface area contributed by atoms with Gasteiger partial charge in [0.2, 0.25) is 0 Å². The van der Waals surface area contributed by atoms with Crippen LogP contribution in [0.25, 0.3) is 0 Å². The van der Waals surface area contributed by atoms with Gasteiger partial charge in [-0.3, -0.25) is 4.79 Å². The largest absolute Gasteiger partial charge is 0.480 e. The highest BCUT2D eigenvalue weighted by atomic mass is 16.4. The molecule has 0 bridgehead atoms. The number of urea groups is 1. The molecule has 1 heterocycles. The van der Waals surface area contributed by atoms with Crippen LogP contribution in [0, 0.1) is 5.92 Å². The normalized spacial score (nSPS) is 25.3. The van der Waals surface area contributed by atoms with Gasteiger partial charge in [0.25, 0.3) is 5.91 Å². The van der Waals surface area contributed by atoms with Crippen molar-refractivity contribution >= 4 is 17.9 Å². The number of hydrogen-bond acceptors (Lipinski definition) is 3. The minimum absolute atomic E-state index is 0.0264. The minimum atomic E-state index is -0.926. The van der Waals surface area contributed by atoms with Crippen molar-refractivity contribution in [1.82, 2.24) is 10.2 Å². The van der Waals surface area contributed by atoms with Crippen molar-refractivity contribution in [2.75, 3.05) is 0 Å². The van der Waals surface area contributed by atoms with Crippen LogP contribution in [0.15, 0.2) is 24.3 Å². The Kier molecular flexibility index (Phi) is 4.92. The maximum atomic E-state index is 13.0. The zero-order valence-electron chi connectivity index (χ0n) is 14.0. The second-order valence-corrected chi connectivity index (χ2v) is 6.83. The van der Waals surface area contributed by atoms with Gasteiger partial charge in [-0.05, 0) is 42.9 Å². The molecule has 134 valence electrons. The number of nitrogens with zero attached hydrogens (tertiary/aromatic N) is 1. The van der Waals surface area contributed by atoms with E-state index >= 15 is 0 Å². The molecule has 1 aliphatic carbocycles. The summed E-state index contributed by atoms with van der Waals surface area (Å²) in [6, 6.07) is 5.52. The number of amides is 3. The van der Waals surface area contributed by atoms with Crippen LogP contribution >= 0.6 is 0 Å². The van der Waals surface area contributed by atoms with E-state index in [9.17, 15) is 19.5 Å². The highest BCUT2D eigenvalue weighted by molar-refractivity contribution is 5.97. The minimum Gasteiger partial charge on any atom is -0.480 e. The molecule has 3 rings (SSSR count). The molecule has 1 saturated heterocycles. The quantitative estimate of drug-likeness (QED) is 0.771. The predicted molar refractivity (Wildman–Crippen MR) is 90.8 cm³/mol. The molecule has 1 aromatic rings. The number of carbonyl (C=O) groups is 3. The second kappa shape index (κ2) is 7.13. The summed E-state index contributed by atoms with van der Waals surface area (Å²) in [5.41, 5.74) is 6.33. The number of primary amides is 1. The van der Waals surface area contributed by atoms with E-state index in [1.54, 1.807) is 29.2 Å². The molecule has 2 aliphatic rings. The fraction of sp³-hybridized carbons (Fsp3) is 0.500. The van der Waals surface area contributed by atoms with E-state index in [1.807, 2.05) is 0 Å². The van der Waals surface area contributed by atoms with Crippen LogP contribution in [0.2, 0.25) is 0 Å². The van der Waals surface area contributed by atoms with Gasteiger partial charge in [0, 0.05) is 18.2 Å². The van der Waals surface area contributed by atoms with E-state index in [1.165, 1.54) is 0 Å². The summed E-state index contributed by atoms with van der Waals surface area (Å²) in [5, 5.41) is 12.0. The summed E-state index contributed by atoms with van der Waals surface area (Å²) in [6.45, 7) is 0.288. The number of likely N-dealkylation sites (tertiary alicyclic amines) is 1. The SMILES string of the molecule is NC(=O)NCc1ccc(C(=O)N2[C@H](C(=O)O)C[C@H]3CCCC[C@@H]32)cc1. The van der Waals surface area contributed by atoms with E-state index in [2.05, 4.69) is 5.32 Å². The molecule has 0 spiro atoms. The van der Waals surface area contributed by atoms with Gasteiger partial charge < -0.3 is 21.1 Å². The monoisotopic (exact) mass is 345 g/mol. The molecule has 1 aliphatic heterocycles. The van der Waals surface area contributed by atoms with Crippen LogP contribution < -0.4 is 11.1 Å². The summed E-state index contributed by atoms with van der Waals surface area (Å²) >= 11 is 0. The van der Waals surface area contributed by atoms with Crippen molar-refractivity contribution in [2.45, 2.75) is 50.7 Å². The smallest absolute Gasteiger partial charge is 0.326 e. The van der Waals surface area contributed by atoms with Crippen molar-refractivity contribution in [3.63, 3.8) is 0 Å². The molecule has 0 radical (unpaired) electrons. The number of nitrogens with one attached hydrogen (secondary N) is 1. The van der Waals surface area contributed by atoms with Gasteiger partial charge in [-0.25, -0.2) is 9.59 Å². The molecular weight excluding hydrogens is 322 g/mol. The number of hydrogen-bond donors (Lipinski definition) is 3. The van der Waals surface area contributed by atoms with Gasteiger partial charge in [-0.2, -0.15) is 0 Å². The van der Waals surface area contributed by atoms with Gasteiger partial charge in [-0.1, -0.05) is 25.0 Å². The molecule has 0 aromatic heterocycles. The molecule has 2 fully saturated rings. The zero-order chi connectivity index (χ0) is 18.0. The maximum Gasteiger partial charge on any atom is 0.326 e. The Morgan fingerprint density at radius 3 is 2.48 bits per heavy atom. The third kappa shape index (κ3) is 3.60. The molecule has 4 N–H and O–H groups in total. The number of carbonyl (C=O) groups excluding carboxylic acids is 2. The van der Waals surface area contributed by atoms with Gasteiger partial charge in [-0.15, -0.1) is 0 Å². The first-order chi connectivity index (χ1) is 12.0. The molecule has 1 saturated carbocycles. The number of aliphatic carboxylic acids is 1. The second-order valence-electron chi connectivity index (χ2n) is 6.83. The summed E-state index contributed by atoms with van der Waals surface area (Å²) in [4.78, 5) is 37.0. The third-order valence-corrected chi connectivity index (χ3v) is 5.28. The van der Waals surface area contributed by atoms with Gasteiger partial charge in [0.15, 0.2) is 0 Å². The first kappa shape index (κ1) is 17.3. The Morgan fingerprint density at radius 1 is 1.16 bits per heavy atom. The summed E-state index contributed by atoms with van der Waals surface area (Å²) in [7, 11) is 0.